The molecule has 0 spiro atoms. The minimum atomic E-state index is -0.429. The van der Waals surface area contributed by atoms with Crippen LogP contribution in [0.2, 0.25) is 0 Å². The van der Waals surface area contributed by atoms with E-state index in [1.54, 1.807) is 21.3 Å². The standard InChI is InChI=1S/C19H29N5O3/c1-24(12-8-15(25-2)17(27-4)16(9-12)26-3)10-11-5-6-14-13(7-11)18(20)23-19(21)22-14/h8-9,11,19,22H,5-7,10,21H2,1-4H3,(H2,20,23)/t11?,19-/m1/s1. The summed E-state index contributed by atoms with van der Waals surface area (Å²) in [5.41, 5.74) is 15.2. The average Bonchev–Trinajstić information content (AvgIpc) is 2.67. The van der Waals surface area contributed by atoms with Crippen LogP contribution >= 0.6 is 0 Å². The smallest absolute Gasteiger partial charge is 0.203 e. The summed E-state index contributed by atoms with van der Waals surface area (Å²) in [5, 5.41) is 3.23. The predicted octanol–water partition coefficient (Wildman–Crippen LogP) is 1.41. The summed E-state index contributed by atoms with van der Waals surface area (Å²) in [5.74, 6) is 2.93. The summed E-state index contributed by atoms with van der Waals surface area (Å²) in [6, 6.07) is 3.93. The number of amidine groups is 1. The van der Waals surface area contributed by atoms with E-state index in [4.69, 9.17) is 25.7 Å². The molecule has 5 N–H and O–H groups in total. The highest BCUT2D eigenvalue weighted by Gasteiger charge is 2.28. The van der Waals surface area contributed by atoms with Crippen molar-refractivity contribution in [2.45, 2.75) is 25.6 Å². The Balaban J connectivity index is 1.75. The number of benzene rings is 1. The molecular formula is C19H29N5O3. The number of anilines is 1. The first kappa shape index (κ1) is 19.2. The summed E-state index contributed by atoms with van der Waals surface area (Å²) < 4.78 is 16.3. The molecular weight excluding hydrogens is 346 g/mol. The van der Waals surface area contributed by atoms with Gasteiger partial charge in [-0.25, -0.2) is 4.99 Å². The van der Waals surface area contributed by atoms with Gasteiger partial charge in [0.15, 0.2) is 17.8 Å². The molecule has 0 saturated carbocycles. The highest BCUT2D eigenvalue weighted by Crippen LogP contribution is 2.41. The topological polar surface area (TPSA) is 107 Å². The molecule has 1 heterocycles. The van der Waals surface area contributed by atoms with Gasteiger partial charge in [0.05, 0.1) is 21.3 Å². The van der Waals surface area contributed by atoms with E-state index in [1.807, 2.05) is 12.1 Å². The number of allylic oxidation sites excluding steroid dienone is 1. The van der Waals surface area contributed by atoms with Crippen LogP contribution in [0.3, 0.4) is 0 Å². The average molecular weight is 375 g/mol. The van der Waals surface area contributed by atoms with E-state index in [0.29, 0.717) is 29.0 Å². The van der Waals surface area contributed by atoms with Crippen LogP contribution in [0.4, 0.5) is 5.69 Å². The second-order valence-electron chi connectivity index (χ2n) is 6.93. The number of nitrogens with two attached hydrogens (primary N) is 2. The summed E-state index contributed by atoms with van der Waals surface area (Å²) in [4.78, 5) is 6.45. The molecule has 148 valence electrons. The lowest BCUT2D eigenvalue weighted by molar-refractivity contribution is 0.324. The lowest BCUT2D eigenvalue weighted by Crippen LogP contribution is -2.44. The summed E-state index contributed by atoms with van der Waals surface area (Å²) in [7, 11) is 6.92. The number of hydrogen-bond acceptors (Lipinski definition) is 8. The van der Waals surface area contributed by atoms with Crippen molar-refractivity contribution in [3.8, 4) is 17.2 Å². The molecule has 0 aromatic heterocycles. The third kappa shape index (κ3) is 3.90. The molecule has 2 atom stereocenters. The number of methoxy groups -OCH3 is 3. The number of nitrogens with one attached hydrogen (secondary N) is 1. The number of rotatable bonds is 6. The molecule has 1 unspecified atom stereocenters. The molecule has 0 amide bonds. The highest BCUT2D eigenvalue weighted by molar-refractivity contribution is 5.98. The number of nitrogens with zero attached hydrogens (tertiary/aromatic N) is 2. The molecule has 1 aromatic rings. The Morgan fingerprint density at radius 1 is 1.19 bits per heavy atom. The maximum absolute atomic E-state index is 6.10. The molecule has 1 aromatic carbocycles. The number of hydrogen-bond donors (Lipinski definition) is 3. The first-order chi connectivity index (χ1) is 13.0. The number of ether oxygens (including phenoxy) is 3. The third-order valence-corrected chi connectivity index (χ3v) is 5.19. The molecule has 3 rings (SSSR count). The Kier molecular flexibility index (Phi) is 5.65. The first-order valence-corrected chi connectivity index (χ1v) is 9.05. The van der Waals surface area contributed by atoms with Gasteiger partial charge in [-0.3, -0.25) is 5.73 Å². The maximum atomic E-state index is 6.10. The van der Waals surface area contributed by atoms with Crippen molar-refractivity contribution >= 4 is 11.5 Å². The monoisotopic (exact) mass is 375 g/mol. The normalized spacial score (nSPS) is 21.7. The van der Waals surface area contributed by atoms with Crippen LogP contribution < -0.4 is 35.9 Å². The van der Waals surface area contributed by atoms with E-state index < -0.39 is 6.29 Å². The summed E-state index contributed by atoms with van der Waals surface area (Å²) >= 11 is 0. The quantitative estimate of drug-likeness (QED) is 0.690. The molecule has 8 heteroatoms. The second-order valence-corrected chi connectivity index (χ2v) is 6.93. The Morgan fingerprint density at radius 3 is 2.44 bits per heavy atom. The fourth-order valence-electron chi connectivity index (χ4n) is 3.81. The Bertz CT molecular complexity index is 737. The number of aliphatic imine (C=N–C) groups is 1. The lowest BCUT2D eigenvalue weighted by Gasteiger charge is -2.34. The van der Waals surface area contributed by atoms with Gasteiger partial charge in [0, 0.05) is 42.7 Å². The van der Waals surface area contributed by atoms with Crippen LogP contribution in [0.5, 0.6) is 17.2 Å². The van der Waals surface area contributed by atoms with Crippen molar-refractivity contribution in [3.05, 3.63) is 23.4 Å². The van der Waals surface area contributed by atoms with Gasteiger partial charge in [0.1, 0.15) is 5.84 Å². The van der Waals surface area contributed by atoms with Crippen molar-refractivity contribution in [2.24, 2.45) is 22.4 Å². The van der Waals surface area contributed by atoms with Gasteiger partial charge in [-0.15, -0.1) is 0 Å². The van der Waals surface area contributed by atoms with Crippen molar-refractivity contribution in [2.75, 3.05) is 39.8 Å². The van der Waals surface area contributed by atoms with Crippen LogP contribution in [-0.4, -0.2) is 47.0 Å². The molecule has 1 aliphatic heterocycles. The Morgan fingerprint density at radius 2 is 1.85 bits per heavy atom. The fourth-order valence-corrected chi connectivity index (χ4v) is 3.81. The zero-order chi connectivity index (χ0) is 19.6. The van der Waals surface area contributed by atoms with Crippen LogP contribution in [-0.2, 0) is 0 Å². The molecule has 0 saturated heterocycles. The van der Waals surface area contributed by atoms with Gasteiger partial charge in [0.25, 0.3) is 0 Å². The third-order valence-electron chi connectivity index (χ3n) is 5.19. The van der Waals surface area contributed by atoms with E-state index >= 15 is 0 Å². The minimum absolute atomic E-state index is 0.429. The van der Waals surface area contributed by atoms with Crippen molar-refractivity contribution in [3.63, 3.8) is 0 Å². The van der Waals surface area contributed by atoms with E-state index in [2.05, 4.69) is 22.3 Å². The predicted molar refractivity (Wildman–Crippen MR) is 106 cm³/mol. The van der Waals surface area contributed by atoms with Gasteiger partial charge in [-0.1, -0.05) is 0 Å². The lowest BCUT2D eigenvalue weighted by atomic mass is 9.85. The van der Waals surface area contributed by atoms with Gasteiger partial charge in [0.2, 0.25) is 5.75 Å². The van der Waals surface area contributed by atoms with E-state index in [1.165, 1.54) is 0 Å². The molecule has 0 fully saturated rings. The minimum Gasteiger partial charge on any atom is -0.493 e. The van der Waals surface area contributed by atoms with Crippen molar-refractivity contribution < 1.29 is 14.2 Å². The second kappa shape index (κ2) is 7.96. The SMILES string of the molecule is COc1cc(N(C)CC2CCC3=C(C2)C(N)=N[C@H](N)N3)cc(OC)c1OC. The molecule has 1 aliphatic carbocycles. The Labute approximate surface area is 160 Å². The Hall–Kier alpha value is -2.61. The van der Waals surface area contributed by atoms with E-state index in [-0.39, 0.29) is 0 Å². The maximum Gasteiger partial charge on any atom is 0.203 e. The largest absolute Gasteiger partial charge is 0.493 e. The highest BCUT2D eigenvalue weighted by atomic mass is 16.5. The summed E-state index contributed by atoms with van der Waals surface area (Å²) in [6.07, 6.45) is 2.47. The van der Waals surface area contributed by atoms with Crippen molar-refractivity contribution in [1.82, 2.24) is 5.32 Å². The van der Waals surface area contributed by atoms with Gasteiger partial charge in [-0.2, -0.15) is 0 Å². The van der Waals surface area contributed by atoms with Crippen molar-refractivity contribution in [1.29, 1.82) is 0 Å². The zero-order valence-corrected chi connectivity index (χ0v) is 16.4. The van der Waals surface area contributed by atoms with E-state index in [0.717, 1.165) is 42.8 Å². The fraction of sp³-hybridized carbons (Fsp3) is 0.526. The van der Waals surface area contributed by atoms with Crippen LogP contribution in [0.1, 0.15) is 19.3 Å². The van der Waals surface area contributed by atoms with Gasteiger partial charge < -0.3 is 30.2 Å². The zero-order valence-electron chi connectivity index (χ0n) is 16.4. The molecule has 2 aliphatic rings. The molecule has 0 radical (unpaired) electrons. The molecule has 8 nitrogen and oxygen atoms in total. The summed E-state index contributed by atoms with van der Waals surface area (Å²) in [6.45, 7) is 0.884. The first-order valence-electron chi connectivity index (χ1n) is 9.05. The molecule has 0 bridgehead atoms. The van der Waals surface area contributed by atoms with Crippen LogP contribution in [0, 0.1) is 5.92 Å². The van der Waals surface area contributed by atoms with Gasteiger partial charge in [-0.05, 0) is 25.2 Å². The van der Waals surface area contributed by atoms with Gasteiger partial charge >= 0.3 is 0 Å². The molecule has 27 heavy (non-hydrogen) atoms. The van der Waals surface area contributed by atoms with E-state index in [9.17, 15) is 0 Å². The van der Waals surface area contributed by atoms with Crippen LogP contribution in [0.25, 0.3) is 0 Å². The van der Waals surface area contributed by atoms with Crippen LogP contribution in [0.15, 0.2) is 28.4 Å².